The quantitative estimate of drug-likeness (QED) is 0.645. The summed E-state index contributed by atoms with van der Waals surface area (Å²) in [6, 6.07) is 14.8. The Balaban J connectivity index is 1.40. The Hall–Kier alpha value is -3.02. The largest absolute Gasteiger partial charge is 0.493 e. The summed E-state index contributed by atoms with van der Waals surface area (Å²) >= 11 is 0. The minimum atomic E-state index is -0.906. The Morgan fingerprint density at radius 2 is 1.81 bits per heavy atom. The van der Waals surface area contributed by atoms with Gasteiger partial charge in [-0.05, 0) is 30.5 Å². The molecule has 0 radical (unpaired) electrons. The minimum Gasteiger partial charge on any atom is -0.493 e. The first-order valence-electron chi connectivity index (χ1n) is 11.1. The summed E-state index contributed by atoms with van der Waals surface area (Å²) in [5.41, 5.74) is 1.46. The van der Waals surface area contributed by atoms with Gasteiger partial charge in [0.05, 0.1) is 18.7 Å². The zero-order valence-corrected chi connectivity index (χ0v) is 17.7. The topological polar surface area (TPSA) is 76.1 Å². The number of carboxylic acid groups (broad SMARTS) is 1. The van der Waals surface area contributed by atoms with E-state index in [1.165, 1.54) is 25.7 Å². The van der Waals surface area contributed by atoms with Crippen LogP contribution in [0, 0.1) is 5.92 Å². The number of carbonyl (C=O) groups excluding carboxylic acids is 1. The molecular formula is C25H29NO5. The summed E-state index contributed by atoms with van der Waals surface area (Å²) < 4.78 is 11.9. The summed E-state index contributed by atoms with van der Waals surface area (Å²) in [7, 11) is 0. The van der Waals surface area contributed by atoms with E-state index in [9.17, 15) is 9.59 Å². The maximum Gasteiger partial charge on any atom is 0.307 e. The van der Waals surface area contributed by atoms with Crippen LogP contribution in [0.15, 0.2) is 48.5 Å². The lowest BCUT2D eigenvalue weighted by molar-refractivity contribution is -0.136. The van der Waals surface area contributed by atoms with E-state index in [1.807, 2.05) is 35.2 Å². The van der Waals surface area contributed by atoms with Gasteiger partial charge in [0.15, 0.2) is 6.10 Å². The van der Waals surface area contributed by atoms with Crippen molar-refractivity contribution in [1.82, 2.24) is 0 Å². The van der Waals surface area contributed by atoms with E-state index in [0.29, 0.717) is 30.2 Å². The summed E-state index contributed by atoms with van der Waals surface area (Å²) in [4.78, 5) is 26.2. The van der Waals surface area contributed by atoms with Gasteiger partial charge in [0.2, 0.25) is 0 Å². The van der Waals surface area contributed by atoms with Gasteiger partial charge in [0, 0.05) is 18.5 Å². The molecule has 1 N–H and O–H groups in total. The maximum atomic E-state index is 13.2. The van der Waals surface area contributed by atoms with Crippen LogP contribution in [-0.2, 0) is 16.0 Å². The molecule has 1 unspecified atom stereocenters. The number of aliphatic carboxylic acids is 1. The number of para-hydroxylation sites is 3. The molecule has 2 aromatic carbocycles. The molecule has 6 nitrogen and oxygen atoms in total. The lowest BCUT2D eigenvalue weighted by Crippen LogP contribution is -2.47. The Kier molecular flexibility index (Phi) is 6.75. The van der Waals surface area contributed by atoms with Crippen molar-refractivity contribution in [2.75, 3.05) is 18.1 Å². The Morgan fingerprint density at radius 1 is 1.06 bits per heavy atom. The van der Waals surface area contributed by atoms with E-state index >= 15 is 0 Å². The van der Waals surface area contributed by atoms with Crippen LogP contribution >= 0.6 is 0 Å². The molecule has 6 heteroatoms. The van der Waals surface area contributed by atoms with Crippen molar-refractivity contribution < 1.29 is 24.2 Å². The SMILES string of the molecule is O=C(O)Cc1ccccc1OCCC1Oc2ccccc2N(CCC2CCCC2)C1=O. The minimum absolute atomic E-state index is 0.0286. The molecule has 1 aliphatic heterocycles. The number of fused-ring (bicyclic) bond motifs is 1. The monoisotopic (exact) mass is 423 g/mol. The number of ether oxygens (including phenoxy) is 2. The van der Waals surface area contributed by atoms with Crippen LogP contribution in [-0.4, -0.2) is 36.2 Å². The average Bonchev–Trinajstić information content (AvgIpc) is 3.28. The van der Waals surface area contributed by atoms with Crippen molar-refractivity contribution in [2.24, 2.45) is 5.92 Å². The molecule has 0 saturated heterocycles. The fourth-order valence-corrected chi connectivity index (χ4v) is 4.53. The van der Waals surface area contributed by atoms with Gasteiger partial charge in [-0.2, -0.15) is 0 Å². The normalized spacial score (nSPS) is 18.5. The third-order valence-corrected chi connectivity index (χ3v) is 6.15. The van der Waals surface area contributed by atoms with Crippen molar-refractivity contribution in [3.63, 3.8) is 0 Å². The lowest BCUT2D eigenvalue weighted by atomic mass is 10.0. The van der Waals surface area contributed by atoms with Crippen LogP contribution in [0.2, 0.25) is 0 Å². The number of carbonyl (C=O) groups is 2. The smallest absolute Gasteiger partial charge is 0.307 e. The number of nitrogens with zero attached hydrogens (tertiary/aromatic N) is 1. The zero-order chi connectivity index (χ0) is 21.6. The van der Waals surface area contributed by atoms with Gasteiger partial charge in [0.1, 0.15) is 11.5 Å². The molecule has 0 aromatic heterocycles. The van der Waals surface area contributed by atoms with Crippen LogP contribution in [0.5, 0.6) is 11.5 Å². The predicted molar refractivity (Wildman–Crippen MR) is 118 cm³/mol. The maximum absolute atomic E-state index is 13.2. The second-order valence-corrected chi connectivity index (χ2v) is 8.32. The molecule has 1 saturated carbocycles. The van der Waals surface area contributed by atoms with Gasteiger partial charge in [-0.3, -0.25) is 9.59 Å². The predicted octanol–water partition coefficient (Wildman–Crippen LogP) is 4.46. The van der Waals surface area contributed by atoms with E-state index in [4.69, 9.17) is 14.6 Å². The Labute approximate surface area is 182 Å². The highest BCUT2D eigenvalue weighted by atomic mass is 16.5. The van der Waals surface area contributed by atoms with Crippen LogP contribution in [0.4, 0.5) is 5.69 Å². The molecule has 31 heavy (non-hydrogen) atoms. The fraction of sp³-hybridized carbons (Fsp3) is 0.440. The second kappa shape index (κ2) is 9.86. The molecule has 0 spiro atoms. The number of carboxylic acids is 1. The highest BCUT2D eigenvalue weighted by Gasteiger charge is 2.34. The number of anilines is 1. The highest BCUT2D eigenvalue weighted by molar-refractivity contribution is 6.00. The molecular weight excluding hydrogens is 394 g/mol. The summed E-state index contributed by atoms with van der Waals surface area (Å²) in [6.45, 7) is 0.981. The molecule has 1 fully saturated rings. The van der Waals surface area contributed by atoms with Crippen molar-refractivity contribution in [1.29, 1.82) is 0 Å². The first-order valence-corrected chi connectivity index (χ1v) is 11.1. The van der Waals surface area contributed by atoms with Crippen molar-refractivity contribution in [3.8, 4) is 11.5 Å². The summed E-state index contributed by atoms with van der Waals surface area (Å²) in [6.07, 6.45) is 5.81. The van der Waals surface area contributed by atoms with E-state index in [1.54, 1.807) is 18.2 Å². The zero-order valence-electron chi connectivity index (χ0n) is 17.7. The third-order valence-electron chi connectivity index (χ3n) is 6.15. The Morgan fingerprint density at radius 3 is 2.61 bits per heavy atom. The molecule has 1 atom stereocenters. The van der Waals surface area contributed by atoms with Crippen LogP contribution in [0.1, 0.15) is 44.1 Å². The van der Waals surface area contributed by atoms with Gasteiger partial charge < -0.3 is 19.5 Å². The van der Waals surface area contributed by atoms with Gasteiger partial charge in [-0.1, -0.05) is 56.0 Å². The van der Waals surface area contributed by atoms with Crippen LogP contribution in [0.25, 0.3) is 0 Å². The van der Waals surface area contributed by atoms with E-state index in [0.717, 1.165) is 17.9 Å². The van der Waals surface area contributed by atoms with Crippen LogP contribution < -0.4 is 14.4 Å². The number of hydrogen-bond donors (Lipinski definition) is 1. The van der Waals surface area contributed by atoms with Crippen molar-refractivity contribution in [3.05, 3.63) is 54.1 Å². The van der Waals surface area contributed by atoms with Crippen LogP contribution in [0.3, 0.4) is 0 Å². The molecule has 1 aliphatic carbocycles. The van der Waals surface area contributed by atoms with E-state index in [-0.39, 0.29) is 18.9 Å². The summed E-state index contributed by atoms with van der Waals surface area (Å²) in [5.74, 6) is 1.03. The number of amides is 1. The van der Waals surface area contributed by atoms with Gasteiger partial charge in [-0.25, -0.2) is 0 Å². The number of rotatable bonds is 9. The second-order valence-electron chi connectivity index (χ2n) is 8.32. The average molecular weight is 424 g/mol. The molecule has 164 valence electrons. The Bertz CT molecular complexity index is 922. The highest BCUT2D eigenvalue weighted by Crippen LogP contribution is 2.36. The first-order chi connectivity index (χ1) is 15.1. The lowest BCUT2D eigenvalue weighted by Gasteiger charge is -2.35. The van der Waals surface area contributed by atoms with Crippen molar-refractivity contribution in [2.45, 2.75) is 51.0 Å². The molecule has 1 amide bonds. The molecule has 0 bridgehead atoms. The van der Waals surface area contributed by atoms with Gasteiger partial charge in [-0.15, -0.1) is 0 Å². The van der Waals surface area contributed by atoms with Gasteiger partial charge in [0.25, 0.3) is 5.91 Å². The first kappa shape index (κ1) is 21.2. The third kappa shape index (κ3) is 5.19. The fourth-order valence-electron chi connectivity index (χ4n) is 4.53. The molecule has 2 aliphatic rings. The van der Waals surface area contributed by atoms with Crippen molar-refractivity contribution >= 4 is 17.6 Å². The number of hydrogen-bond acceptors (Lipinski definition) is 4. The molecule has 2 aromatic rings. The standard InChI is InChI=1S/C25H29NO5/c27-24(28)17-19-9-3-5-11-21(19)30-16-14-23-25(29)26(15-13-18-7-1-2-8-18)20-10-4-6-12-22(20)31-23/h3-6,9-12,18,23H,1-2,7-8,13-17H2,(H,27,28). The van der Waals surface area contributed by atoms with E-state index in [2.05, 4.69) is 0 Å². The molecule has 1 heterocycles. The summed E-state index contributed by atoms with van der Waals surface area (Å²) in [5, 5.41) is 9.08. The van der Waals surface area contributed by atoms with Gasteiger partial charge >= 0.3 is 5.97 Å². The molecule has 4 rings (SSSR count). The number of benzene rings is 2. The van der Waals surface area contributed by atoms with E-state index < -0.39 is 12.1 Å².